The highest BCUT2D eigenvalue weighted by atomic mass is 32.2. The van der Waals surface area contributed by atoms with Crippen LogP contribution in [0.3, 0.4) is 0 Å². The van der Waals surface area contributed by atoms with Crippen molar-refractivity contribution >= 4 is 15.7 Å². The SMILES string of the molecule is CONC(=O)C(C)(C)S(=O)(=O)c1ccc(C)cc1. The molecule has 0 bridgehead atoms. The highest BCUT2D eigenvalue weighted by Crippen LogP contribution is 2.25. The van der Waals surface area contributed by atoms with Crippen molar-refractivity contribution in [3.8, 4) is 0 Å². The molecule has 0 aliphatic rings. The van der Waals surface area contributed by atoms with Gasteiger partial charge in [-0.15, -0.1) is 0 Å². The molecule has 1 rings (SSSR count). The van der Waals surface area contributed by atoms with Gasteiger partial charge >= 0.3 is 0 Å². The molecule has 1 aromatic carbocycles. The van der Waals surface area contributed by atoms with Crippen LogP contribution in [-0.2, 0) is 19.5 Å². The van der Waals surface area contributed by atoms with Crippen LogP contribution in [-0.4, -0.2) is 26.2 Å². The van der Waals surface area contributed by atoms with Crippen LogP contribution < -0.4 is 5.48 Å². The molecule has 0 aromatic heterocycles. The third kappa shape index (κ3) is 2.54. The Morgan fingerprint density at radius 3 is 2.17 bits per heavy atom. The molecule has 1 amide bonds. The normalized spacial score (nSPS) is 12.2. The molecule has 18 heavy (non-hydrogen) atoms. The Morgan fingerprint density at radius 1 is 1.22 bits per heavy atom. The minimum atomic E-state index is -3.77. The molecule has 0 atom stereocenters. The minimum absolute atomic E-state index is 0.115. The topological polar surface area (TPSA) is 72.5 Å². The number of hydrogen-bond acceptors (Lipinski definition) is 4. The summed E-state index contributed by atoms with van der Waals surface area (Å²) in [6.45, 7) is 4.55. The van der Waals surface area contributed by atoms with Crippen molar-refractivity contribution in [1.29, 1.82) is 0 Å². The van der Waals surface area contributed by atoms with Gasteiger partial charge in [-0.2, -0.15) is 0 Å². The van der Waals surface area contributed by atoms with Gasteiger partial charge in [0.25, 0.3) is 5.91 Å². The van der Waals surface area contributed by atoms with E-state index in [0.717, 1.165) is 5.56 Å². The summed E-state index contributed by atoms with van der Waals surface area (Å²) < 4.78 is 23.1. The average molecular weight is 271 g/mol. The molecule has 0 spiro atoms. The fourth-order valence-electron chi connectivity index (χ4n) is 1.35. The van der Waals surface area contributed by atoms with Crippen molar-refractivity contribution in [2.75, 3.05) is 7.11 Å². The standard InChI is InChI=1S/C12H17NO4S/c1-9-5-7-10(8-6-9)18(15,16)12(2,3)11(14)13-17-4/h5-8H,1-4H3,(H,13,14). The molecule has 0 unspecified atom stereocenters. The zero-order chi connectivity index (χ0) is 14.0. The number of rotatable bonds is 4. The first-order valence-electron chi connectivity index (χ1n) is 5.38. The van der Waals surface area contributed by atoms with E-state index in [2.05, 4.69) is 10.3 Å². The minimum Gasteiger partial charge on any atom is -0.277 e. The Bertz CT molecular complexity index is 532. The van der Waals surface area contributed by atoms with Gasteiger partial charge in [-0.3, -0.25) is 9.63 Å². The lowest BCUT2D eigenvalue weighted by Crippen LogP contribution is -2.47. The Morgan fingerprint density at radius 2 is 1.72 bits per heavy atom. The zero-order valence-corrected chi connectivity index (χ0v) is 11.7. The van der Waals surface area contributed by atoms with Gasteiger partial charge < -0.3 is 0 Å². The van der Waals surface area contributed by atoms with E-state index in [-0.39, 0.29) is 4.90 Å². The summed E-state index contributed by atoms with van der Waals surface area (Å²) in [7, 11) is -2.51. The van der Waals surface area contributed by atoms with Crippen molar-refractivity contribution in [2.45, 2.75) is 30.4 Å². The van der Waals surface area contributed by atoms with Crippen molar-refractivity contribution in [3.05, 3.63) is 29.8 Å². The summed E-state index contributed by atoms with van der Waals surface area (Å²) >= 11 is 0. The zero-order valence-electron chi connectivity index (χ0n) is 10.9. The Hall–Kier alpha value is -1.40. The van der Waals surface area contributed by atoms with Crippen molar-refractivity contribution in [3.63, 3.8) is 0 Å². The second-order valence-electron chi connectivity index (χ2n) is 4.46. The summed E-state index contributed by atoms with van der Waals surface area (Å²) in [5, 5.41) is 0. The highest BCUT2D eigenvalue weighted by Gasteiger charge is 2.42. The quantitative estimate of drug-likeness (QED) is 0.836. The highest BCUT2D eigenvalue weighted by molar-refractivity contribution is 7.93. The third-order valence-corrected chi connectivity index (χ3v) is 5.17. The van der Waals surface area contributed by atoms with Crippen LogP contribution in [0.1, 0.15) is 19.4 Å². The molecule has 100 valence electrons. The van der Waals surface area contributed by atoms with Crippen LogP contribution in [0, 0.1) is 6.92 Å². The number of carbonyl (C=O) groups is 1. The summed E-state index contributed by atoms with van der Waals surface area (Å²) in [6, 6.07) is 6.37. The predicted molar refractivity (Wildman–Crippen MR) is 67.6 cm³/mol. The van der Waals surface area contributed by atoms with E-state index in [0.29, 0.717) is 0 Å². The molecular formula is C12H17NO4S. The lowest BCUT2D eigenvalue weighted by atomic mass is 10.2. The van der Waals surface area contributed by atoms with Gasteiger partial charge in [0.2, 0.25) is 0 Å². The van der Waals surface area contributed by atoms with Gasteiger partial charge in [0.15, 0.2) is 14.6 Å². The Kier molecular flexibility index (Phi) is 4.13. The number of carbonyl (C=O) groups excluding carboxylic acids is 1. The molecule has 0 saturated heterocycles. The van der Waals surface area contributed by atoms with Crippen LogP contribution in [0.2, 0.25) is 0 Å². The van der Waals surface area contributed by atoms with Crippen molar-refractivity contribution in [2.24, 2.45) is 0 Å². The molecule has 0 aliphatic heterocycles. The molecular weight excluding hydrogens is 254 g/mol. The maximum absolute atomic E-state index is 12.4. The summed E-state index contributed by atoms with van der Waals surface area (Å²) in [5.41, 5.74) is 3.01. The van der Waals surface area contributed by atoms with E-state index in [1.54, 1.807) is 12.1 Å². The van der Waals surface area contributed by atoms with Crippen molar-refractivity contribution < 1.29 is 18.0 Å². The molecule has 1 N–H and O–H groups in total. The number of benzene rings is 1. The molecule has 0 saturated carbocycles. The second kappa shape index (κ2) is 5.07. The van der Waals surface area contributed by atoms with Gasteiger partial charge in [-0.05, 0) is 32.9 Å². The lowest BCUT2D eigenvalue weighted by Gasteiger charge is -2.23. The average Bonchev–Trinajstić information content (AvgIpc) is 2.29. The summed E-state index contributed by atoms with van der Waals surface area (Å²) in [6.07, 6.45) is 0. The summed E-state index contributed by atoms with van der Waals surface area (Å²) in [5.74, 6) is -0.703. The molecule has 1 aromatic rings. The molecule has 0 fully saturated rings. The van der Waals surface area contributed by atoms with Gasteiger partial charge in [-0.1, -0.05) is 17.7 Å². The summed E-state index contributed by atoms with van der Waals surface area (Å²) in [4.78, 5) is 16.3. The fourth-order valence-corrected chi connectivity index (χ4v) is 2.72. The van der Waals surface area contributed by atoms with E-state index < -0.39 is 20.5 Å². The maximum Gasteiger partial charge on any atom is 0.264 e. The van der Waals surface area contributed by atoms with E-state index in [1.165, 1.54) is 33.1 Å². The lowest BCUT2D eigenvalue weighted by molar-refractivity contribution is -0.133. The molecule has 5 nitrogen and oxygen atoms in total. The molecule has 6 heteroatoms. The number of aryl methyl sites for hydroxylation is 1. The van der Waals surface area contributed by atoms with Crippen LogP contribution in [0.15, 0.2) is 29.2 Å². The third-order valence-electron chi connectivity index (χ3n) is 2.74. The maximum atomic E-state index is 12.4. The predicted octanol–water partition coefficient (Wildman–Crippen LogP) is 1.22. The van der Waals surface area contributed by atoms with Crippen LogP contribution in [0.25, 0.3) is 0 Å². The van der Waals surface area contributed by atoms with Crippen LogP contribution in [0.4, 0.5) is 0 Å². The first-order valence-corrected chi connectivity index (χ1v) is 6.86. The number of amides is 1. The van der Waals surface area contributed by atoms with Crippen LogP contribution >= 0.6 is 0 Å². The Balaban J connectivity index is 3.21. The number of sulfone groups is 1. The molecule has 0 radical (unpaired) electrons. The van der Waals surface area contributed by atoms with Crippen molar-refractivity contribution in [1.82, 2.24) is 5.48 Å². The van der Waals surface area contributed by atoms with Gasteiger partial charge in [0, 0.05) is 0 Å². The number of hydrogen-bond donors (Lipinski definition) is 1. The number of nitrogens with one attached hydrogen (secondary N) is 1. The second-order valence-corrected chi connectivity index (χ2v) is 6.96. The van der Waals surface area contributed by atoms with E-state index in [9.17, 15) is 13.2 Å². The largest absolute Gasteiger partial charge is 0.277 e. The van der Waals surface area contributed by atoms with Gasteiger partial charge in [0.1, 0.15) is 0 Å². The number of hydroxylamine groups is 1. The van der Waals surface area contributed by atoms with Gasteiger partial charge in [-0.25, -0.2) is 13.9 Å². The van der Waals surface area contributed by atoms with E-state index in [1.807, 2.05) is 6.92 Å². The molecule has 0 heterocycles. The monoisotopic (exact) mass is 271 g/mol. The first kappa shape index (κ1) is 14.7. The van der Waals surface area contributed by atoms with E-state index in [4.69, 9.17) is 0 Å². The molecule has 0 aliphatic carbocycles. The fraction of sp³-hybridized carbons (Fsp3) is 0.417. The van der Waals surface area contributed by atoms with Gasteiger partial charge in [0.05, 0.1) is 12.0 Å². The smallest absolute Gasteiger partial charge is 0.264 e. The van der Waals surface area contributed by atoms with Crippen LogP contribution in [0.5, 0.6) is 0 Å². The Labute approximate surface area is 107 Å². The first-order chi connectivity index (χ1) is 8.23. The van der Waals surface area contributed by atoms with E-state index >= 15 is 0 Å².